The molecule has 0 spiro atoms. The molecule has 16 heavy (non-hydrogen) atoms. The molecule has 0 saturated heterocycles. The van der Waals surface area contributed by atoms with Gasteiger partial charge in [-0.05, 0) is 30.4 Å². The molecule has 3 heteroatoms. The second-order valence-corrected chi connectivity index (χ2v) is 4.98. The van der Waals surface area contributed by atoms with Gasteiger partial charge in [0.25, 0.3) is 0 Å². The smallest absolute Gasteiger partial charge is 0.115 e. The number of aromatic nitrogens is 2. The lowest BCUT2D eigenvalue weighted by Gasteiger charge is -2.25. The molecule has 1 rings (SSSR count). The van der Waals surface area contributed by atoms with Gasteiger partial charge >= 0.3 is 0 Å². The van der Waals surface area contributed by atoms with Crippen molar-refractivity contribution in [2.45, 2.75) is 34.2 Å². The molecule has 0 atom stereocenters. The maximum absolute atomic E-state index is 4.19. The molecular weight excluding hydrogens is 198 g/mol. The summed E-state index contributed by atoms with van der Waals surface area (Å²) in [4.78, 5) is 8.10. The molecular formula is C13H23N3. The summed E-state index contributed by atoms with van der Waals surface area (Å²) in [6.45, 7) is 11.0. The molecule has 1 aromatic heterocycles. The second-order valence-electron chi connectivity index (χ2n) is 4.98. The standard InChI is InChI=1S/C13H23N3/c1-10(2)13(11(3)4)8-15-7-12-5-6-14-9-16-12/h5-6,9-11,13,15H,7-8H2,1-4H3. The van der Waals surface area contributed by atoms with Gasteiger partial charge < -0.3 is 5.32 Å². The van der Waals surface area contributed by atoms with Crippen LogP contribution in [0.15, 0.2) is 18.6 Å². The SMILES string of the molecule is CC(C)C(CNCc1ccncn1)C(C)C. The Labute approximate surface area is 98.7 Å². The summed E-state index contributed by atoms with van der Waals surface area (Å²) >= 11 is 0. The van der Waals surface area contributed by atoms with E-state index in [9.17, 15) is 0 Å². The average molecular weight is 221 g/mol. The molecule has 3 nitrogen and oxygen atoms in total. The molecule has 0 aliphatic carbocycles. The van der Waals surface area contributed by atoms with Gasteiger partial charge in [0.15, 0.2) is 0 Å². The summed E-state index contributed by atoms with van der Waals surface area (Å²) in [6.07, 6.45) is 3.38. The summed E-state index contributed by atoms with van der Waals surface area (Å²) < 4.78 is 0. The Kier molecular flexibility index (Phi) is 5.39. The molecule has 1 N–H and O–H groups in total. The number of hydrogen-bond donors (Lipinski definition) is 1. The second kappa shape index (κ2) is 6.59. The Morgan fingerprint density at radius 1 is 1.19 bits per heavy atom. The number of hydrogen-bond acceptors (Lipinski definition) is 3. The highest BCUT2D eigenvalue weighted by atomic mass is 14.9. The minimum Gasteiger partial charge on any atom is -0.311 e. The highest BCUT2D eigenvalue weighted by molar-refractivity contribution is 4.96. The first-order valence-electron chi connectivity index (χ1n) is 6.07. The predicted octanol–water partition coefficient (Wildman–Crippen LogP) is 2.49. The Balaban J connectivity index is 2.34. The van der Waals surface area contributed by atoms with E-state index in [0.29, 0.717) is 0 Å². The van der Waals surface area contributed by atoms with Crippen LogP contribution in [0.4, 0.5) is 0 Å². The van der Waals surface area contributed by atoms with Crippen molar-refractivity contribution >= 4 is 0 Å². The lowest BCUT2D eigenvalue weighted by molar-refractivity contribution is 0.275. The fourth-order valence-corrected chi connectivity index (χ4v) is 2.03. The molecule has 0 unspecified atom stereocenters. The van der Waals surface area contributed by atoms with Crippen LogP contribution in [0, 0.1) is 17.8 Å². The topological polar surface area (TPSA) is 37.8 Å². The van der Waals surface area contributed by atoms with Crippen molar-refractivity contribution < 1.29 is 0 Å². The van der Waals surface area contributed by atoms with Crippen LogP contribution in [0.25, 0.3) is 0 Å². The molecule has 0 bridgehead atoms. The highest BCUT2D eigenvalue weighted by Gasteiger charge is 2.16. The third-order valence-electron chi connectivity index (χ3n) is 3.04. The van der Waals surface area contributed by atoms with Gasteiger partial charge in [0.2, 0.25) is 0 Å². The predicted molar refractivity (Wildman–Crippen MR) is 66.9 cm³/mol. The van der Waals surface area contributed by atoms with Gasteiger partial charge in [-0.2, -0.15) is 0 Å². The molecule has 1 heterocycles. The van der Waals surface area contributed by atoms with Gasteiger partial charge in [0, 0.05) is 12.7 Å². The Morgan fingerprint density at radius 3 is 2.38 bits per heavy atom. The van der Waals surface area contributed by atoms with E-state index in [1.54, 1.807) is 12.5 Å². The van der Waals surface area contributed by atoms with Gasteiger partial charge in [-0.1, -0.05) is 27.7 Å². The van der Waals surface area contributed by atoms with Crippen LogP contribution in [-0.4, -0.2) is 16.5 Å². The molecule has 0 aliphatic rings. The summed E-state index contributed by atoms with van der Waals surface area (Å²) in [6, 6.07) is 1.95. The van der Waals surface area contributed by atoms with Gasteiger partial charge in [-0.25, -0.2) is 9.97 Å². The van der Waals surface area contributed by atoms with Crippen LogP contribution in [0.5, 0.6) is 0 Å². The van der Waals surface area contributed by atoms with Gasteiger partial charge in [-0.15, -0.1) is 0 Å². The molecule has 0 fully saturated rings. The van der Waals surface area contributed by atoms with Gasteiger partial charge in [0.05, 0.1) is 5.69 Å². The van der Waals surface area contributed by atoms with E-state index in [2.05, 4.69) is 43.0 Å². The van der Waals surface area contributed by atoms with Crippen molar-refractivity contribution in [2.75, 3.05) is 6.54 Å². The number of rotatable bonds is 6. The first kappa shape index (κ1) is 13.1. The summed E-state index contributed by atoms with van der Waals surface area (Å²) in [5.41, 5.74) is 1.06. The van der Waals surface area contributed by atoms with E-state index in [1.807, 2.05) is 6.07 Å². The van der Waals surface area contributed by atoms with Gasteiger partial charge in [0.1, 0.15) is 6.33 Å². The summed E-state index contributed by atoms with van der Waals surface area (Å²) in [5.74, 6) is 2.16. The fraction of sp³-hybridized carbons (Fsp3) is 0.692. The fourth-order valence-electron chi connectivity index (χ4n) is 2.03. The molecule has 0 amide bonds. The Morgan fingerprint density at radius 2 is 1.88 bits per heavy atom. The summed E-state index contributed by atoms with van der Waals surface area (Å²) in [5, 5.41) is 3.47. The summed E-state index contributed by atoms with van der Waals surface area (Å²) in [7, 11) is 0. The van der Waals surface area contributed by atoms with Crippen LogP contribution < -0.4 is 5.32 Å². The molecule has 0 aliphatic heterocycles. The zero-order valence-electron chi connectivity index (χ0n) is 10.8. The third kappa shape index (κ3) is 4.27. The van der Waals surface area contributed by atoms with Crippen LogP contribution in [0.1, 0.15) is 33.4 Å². The zero-order chi connectivity index (χ0) is 12.0. The Hall–Kier alpha value is -0.960. The van der Waals surface area contributed by atoms with Crippen LogP contribution in [0.3, 0.4) is 0 Å². The van der Waals surface area contributed by atoms with Crippen molar-refractivity contribution in [3.05, 3.63) is 24.3 Å². The molecule has 0 aromatic carbocycles. The van der Waals surface area contributed by atoms with Crippen molar-refractivity contribution in [3.8, 4) is 0 Å². The van der Waals surface area contributed by atoms with Crippen LogP contribution in [-0.2, 0) is 6.54 Å². The average Bonchev–Trinajstić information content (AvgIpc) is 2.24. The van der Waals surface area contributed by atoms with E-state index in [4.69, 9.17) is 0 Å². The van der Waals surface area contributed by atoms with Crippen molar-refractivity contribution in [3.63, 3.8) is 0 Å². The number of nitrogens with one attached hydrogen (secondary N) is 1. The zero-order valence-corrected chi connectivity index (χ0v) is 10.8. The monoisotopic (exact) mass is 221 g/mol. The van der Waals surface area contributed by atoms with E-state index >= 15 is 0 Å². The number of nitrogens with zero attached hydrogens (tertiary/aromatic N) is 2. The molecule has 90 valence electrons. The van der Waals surface area contributed by atoms with Crippen LogP contribution in [0.2, 0.25) is 0 Å². The van der Waals surface area contributed by atoms with E-state index < -0.39 is 0 Å². The van der Waals surface area contributed by atoms with E-state index in [0.717, 1.165) is 36.5 Å². The van der Waals surface area contributed by atoms with E-state index in [1.165, 1.54) is 0 Å². The lowest BCUT2D eigenvalue weighted by atomic mass is 9.85. The molecule has 0 radical (unpaired) electrons. The van der Waals surface area contributed by atoms with Crippen molar-refractivity contribution in [1.82, 2.24) is 15.3 Å². The maximum Gasteiger partial charge on any atom is 0.115 e. The van der Waals surface area contributed by atoms with Crippen molar-refractivity contribution in [1.29, 1.82) is 0 Å². The highest BCUT2D eigenvalue weighted by Crippen LogP contribution is 2.19. The van der Waals surface area contributed by atoms with Crippen molar-refractivity contribution in [2.24, 2.45) is 17.8 Å². The van der Waals surface area contributed by atoms with Gasteiger partial charge in [-0.3, -0.25) is 0 Å². The quantitative estimate of drug-likeness (QED) is 0.802. The lowest BCUT2D eigenvalue weighted by Crippen LogP contribution is -2.29. The minimum absolute atomic E-state index is 0.720. The molecule has 1 aromatic rings. The Bertz CT molecular complexity index is 274. The normalized spacial score (nSPS) is 11.7. The first-order chi connectivity index (χ1) is 7.61. The minimum atomic E-state index is 0.720. The largest absolute Gasteiger partial charge is 0.311 e. The van der Waals surface area contributed by atoms with E-state index in [-0.39, 0.29) is 0 Å². The molecule has 0 saturated carbocycles. The third-order valence-corrected chi connectivity index (χ3v) is 3.04. The maximum atomic E-state index is 4.19. The first-order valence-corrected chi connectivity index (χ1v) is 6.07. The van der Waals surface area contributed by atoms with Crippen LogP contribution >= 0.6 is 0 Å².